The number of carbonyl (C=O) groups excluding carboxylic acids is 1. The number of carbonyl (C=O) groups is 1. The van der Waals surface area contributed by atoms with Crippen LogP contribution in [0.25, 0.3) is 0 Å². The molecule has 0 saturated carbocycles. The van der Waals surface area contributed by atoms with Crippen LogP contribution in [-0.2, 0) is 4.79 Å². The van der Waals surface area contributed by atoms with E-state index in [1.165, 1.54) is 0 Å². The molecule has 96 valence electrons. The molecule has 0 radical (unpaired) electrons. The maximum Gasteiger partial charge on any atom is 0.223 e. The van der Waals surface area contributed by atoms with Gasteiger partial charge < -0.3 is 11.1 Å². The third-order valence-corrected chi connectivity index (χ3v) is 3.06. The highest BCUT2D eigenvalue weighted by atomic mass is 16.1. The van der Waals surface area contributed by atoms with Gasteiger partial charge >= 0.3 is 0 Å². The van der Waals surface area contributed by atoms with Gasteiger partial charge in [0, 0.05) is 12.5 Å². The minimum Gasteiger partial charge on any atom is -0.355 e. The van der Waals surface area contributed by atoms with Gasteiger partial charge in [0.05, 0.1) is 0 Å². The number of amides is 1. The van der Waals surface area contributed by atoms with E-state index in [9.17, 15) is 4.79 Å². The van der Waals surface area contributed by atoms with Crippen molar-refractivity contribution < 1.29 is 4.79 Å². The molecule has 0 aromatic heterocycles. The molecule has 0 aliphatic carbocycles. The quantitative estimate of drug-likeness (QED) is 0.670. The zero-order valence-corrected chi connectivity index (χ0v) is 11.3. The van der Waals surface area contributed by atoms with Crippen LogP contribution in [0.3, 0.4) is 0 Å². The van der Waals surface area contributed by atoms with E-state index < -0.39 is 0 Å². The van der Waals surface area contributed by atoms with Gasteiger partial charge in [0.25, 0.3) is 0 Å². The Morgan fingerprint density at radius 1 is 1.38 bits per heavy atom. The van der Waals surface area contributed by atoms with E-state index in [0.29, 0.717) is 13.1 Å². The number of hydrogen-bond donors (Lipinski definition) is 2. The largest absolute Gasteiger partial charge is 0.355 e. The van der Waals surface area contributed by atoms with Crippen molar-refractivity contribution in [3.05, 3.63) is 0 Å². The van der Waals surface area contributed by atoms with E-state index in [1.54, 1.807) is 0 Å². The first kappa shape index (κ1) is 15.4. The first-order chi connectivity index (χ1) is 7.46. The summed E-state index contributed by atoms with van der Waals surface area (Å²) >= 11 is 0. The molecule has 0 spiro atoms. The second kappa shape index (κ2) is 7.66. The topological polar surface area (TPSA) is 55.1 Å². The monoisotopic (exact) mass is 228 g/mol. The molecule has 0 aliphatic heterocycles. The Morgan fingerprint density at radius 2 is 2.00 bits per heavy atom. The Labute approximate surface area is 100 Å². The van der Waals surface area contributed by atoms with Crippen LogP contribution < -0.4 is 11.1 Å². The first-order valence-corrected chi connectivity index (χ1v) is 6.44. The van der Waals surface area contributed by atoms with Gasteiger partial charge in [0.1, 0.15) is 0 Å². The molecule has 0 rings (SSSR count). The molecule has 0 fully saturated rings. The summed E-state index contributed by atoms with van der Waals surface area (Å²) in [4.78, 5) is 11.9. The number of hydrogen-bond acceptors (Lipinski definition) is 2. The van der Waals surface area contributed by atoms with Gasteiger partial charge in [0.2, 0.25) is 5.91 Å². The molecule has 3 N–H and O–H groups in total. The number of nitrogens with two attached hydrogens (primary N) is 1. The van der Waals surface area contributed by atoms with Crippen molar-refractivity contribution in [3.8, 4) is 0 Å². The van der Waals surface area contributed by atoms with Gasteiger partial charge in [-0.1, -0.05) is 40.5 Å². The average molecular weight is 228 g/mol. The fraction of sp³-hybridized carbons (Fsp3) is 0.923. The highest BCUT2D eigenvalue weighted by Gasteiger charge is 2.20. The lowest BCUT2D eigenvalue weighted by atomic mass is 9.92. The van der Waals surface area contributed by atoms with E-state index >= 15 is 0 Å². The predicted molar refractivity (Wildman–Crippen MR) is 69.2 cm³/mol. The molecule has 0 aromatic carbocycles. The maximum absolute atomic E-state index is 11.9. The number of rotatable bonds is 8. The summed E-state index contributed by atoms with van der Waals surface area (Å²) in [6.45, 7) is 9.64. The van der Waals surface area contributed by atoms with E-state index in [-0.39, 0.29) is 17.2 Å². The lowest BCUT2D eigenvalue weighted by molar-refractivity contribution is -0.125. The van der Waals surface area contributed by atoms with Crippen molar-refractivity contribution in [3.63, 3.8) is 0 Å². The van der Waals surface area contributed by atoms with Gasteiger partial charge in [-0.2, -0.15) is 0 Å². The minimum absolute atomic E-state index is 0.00128. The molecule has 1 amide bonds. The maximum atomic E-state index is 11.9. The summed E-state index contributed by atoms with van der Waals surface area (Å²) in [6, 6.07) is 0. The molecule has 3 nitrogen and oxygen atoms in total. The van der Waals surface area contributed by atoms with Gasteiger partial charge in [-0.3, -0.25) is 4.79 Å². The predicted octanol–water partition coefficient (Wildman–Crippen LogP) is 2.30. The molecule has 1 unspecified atom stereocenters. The van der Waals surface area contributed by atoms with E-state index in [4.69, 9.17) is 5.73 Å². The normalized spacial score (nSPS) is 13.6. The summed E-state index contributed by atoms with van der Waals surface area (Å²) in [5.41, 5.74) is 5.63. The van der Waals surface area contributed by atoms with Crippen LogP contribution in [0.15, 0.2) is 0 Å². The highest BCUT2D eigenvalue weighted by Crippen LogP contribution is 2.14. The molecular formula is C13H28N2O. The van der Waals surface area contributed by atoms with Gasteiger partial charge in [0.15, 0.2) is 0 Å². The third-order valence-electron chi connectivity index (χ3n) is 3.06. The van der Waals surface area contributed by atoms with Crippen molar-refractivity contribution in [2.75, 3.05) is 13.1 Å². The lowest BCUT2D eigenvalue weighted by Gasteiger charge is -2.24. The first-order valence-electron chi connectivity index (χ1n) is 6.44. The Hall–Kier alpha value is -0.570. The fourth-order valence-corrected chi connectivity index (χ4v) is 1.51. The lowest BCUT2D eigenvalue weighted by Crippen LogP contribution is -2.40. The van der Waals surface area contributed by atoms with Crippen LogP contribution in [0, 0.1) is 11.3 Å². The molecule has 16 heavy (non-hydrogen) atoms. The molecule has 0 saturated heterocycles. The van der Waals surface area contributed by atoms with Gasteiger partial charge in [-0.25, -0.2) is 0 Å². The highest BCUT2D eigenvalue weighted by molar-refractivity contribution is 5.78. The Morgan fingerprint density at radius 3 is 2.44 bits per heavy atom. The van der Waals surface area contributed by atoms with Crippen molar-refractivity contribution in [2.45, 2.75) is 53.4 Å². The summed E-state index contributed by atoms with van der Waals surface area (Å²) in [5.74, 6) is 0.367. The number of unbranched alkanes of at least 4 members (excludes halogenated alkanes) is 1. The summed E-state index contributed by atoms with van der Waals surface area (Å²) in [7, 11) is 0. The summed E-state index contributed by atoms with van der Waals surface area (Å²) in [5, 5.41) is 3.01. The Balaban J connectivity index is 4.01. The second-order valence-electron chi connectivity index (χ2n) is 5.33. The molecule has 1 atom stereocenters. The van der Waals surface area contributed by atoms with Crippen LogP contribution >= 0.6 is 0 Å². The summed E-state index contributed by atoms with van der Waals surface area (Å²) < 4.78 is 0. The zero-order chi connectivity index (χ0) is 12.6. The standard InChI is InChI=1S/C13H28N2O/c1-5-7-8-11(6-2)12(16)15-10-13(3,4)9-14/h11H,5-10,14H2,1-4H3,(H,15,16). The van der Waals surface area contributed by atoms with Gasteiger partial charge in [-0.15, -0.1) is 0 Å². The number of nitrogens with one attached hydrogen (secondary N) is 1. The SMILES string of the molecule is CCCCC(CC)C(=O)NCC(C)(C)CN. The zero-order valence-electron chi connectivity index (χ0n) is 11.3. The Bertz CT molecular complexity index is 202. The van der Waals surface area contributed by atoms with E-state index in [2.05, 4.69) is 33.0 Å². The smallest absolute Gasteiger partial charge is 0.223 e. The second-order valence-corrected chi connectivity index (χ2v) is 5.33. The van der Waals surface area contributed by atoms with Crippen LogP contribution in [0.5, 0.6) is 0 Å². The van der Waals surface area contributed by atoms with E-state index in [1.807, 2.05) is 0 Å². The fourth-order valence-electron chi connectivity index (χ4n) is 1.51. The molecule has 0 bridgehead atoms. The summed E-state index contributed by atoms with van der Waals surface area (Å²) in [6.07, 6.45) is 4.21. The van der Waals surface area contributed by atoms with Crippen molar-refractivity contribution in [1.82, 2.24) is 5.32 Å². The molecule has 3 heteroatoms. The van der Waals surface area contributed by atoms with E-state index in [0.717, 1.165) is 25.7 Å². The Kier molecular flexibility index (Phi) is 7.39. The van der Waals surface area contributed by atoms with Crippen molar-refractivity contribution in [1.29, 1.82) is 0 Å². The van der Waals surface area contributed by atoms with Crippen LogP contribution in [0.1, 0.15) is 53.4 Å². The molecule has 0 aromatic rings. The third kappa shape index (κ3) is 6.11. The van der Waals surface area contributed by atoms with Crippen LogP contribution in [0.2, 0.25) is 0 Å². The van der Waals surface area contributed by atoms with Crippen LogP contribution in [-0.4, -0.2) is 19.0 Å². The van der Waals surface area contributed by atoms with Crippen LogP contribution in [0.4, 0.5) is 0 Å². The van der Waals surface area contributed by atoms with Crippen molar-refractivity contribution in [2.24, 2.45) is 17.1 Å². The minimum atomic E-state index is -0.00128. The molecule has 0 aliphatic rings. The van der Waals surface area contributed by atoms with Gasteiger partial charge in [-0.05, 0) is 24.8 Å². The average Bonchev–Trinajstić information content (AvgIpc) is 2.27. The van der Waals surface area contributed by atoms with Crippen molar-refractivity contribution >= 4 is 5.91 Å². The molecule has 0 heterocycles. The molecular weight excluding hydrogens is 200 g/mol.